The van der Waals surface area contributed by atoms with Gasteiger partial charge in [0.1, 0.15) is 47.5 Å². The summed E-state index contributed by atoms with van der Waals surface area (Å²) < 4.78 is 33.4. The Kier molecular flexibility index (Phi) is 8.08. The summed E-state index contributed by atoms with van der Waals surface area (Å²) in [5, 5.41) is 5.59. The van der Waals surface area contributed by atoms with Crippen molar-refractivity contribution in [2.75, 3.05) is 38.6 Å². The smallest absolute Gasteiger partial charge is 0.163 e. The molecule has 1 aliphatic heterocycles. The highest BCUT2D eigenvalue weighted by molar-refractivity contribution is 7.11. The predicted molar refractivity (Wildman–Crippen MR) is 157 cm³/mol. The van der Waals surface area contributed by atoms with Gasteiger partial charge in [-0.1, -0.05) is 0 Å². The molecule has 1 saturated heterocycles. The number of ether oxygens (including phenoxy) is 3. The Hall–Kier alpha value is -4.06. The maximum absolute atomic E-state index is 14.3. The summed E-state index contributed by atoms with van der Waals surface area (Å²) in [7, 11) is 0. The monoisotopic (exact) mass is 574 g/mol. The number of anilines is 1. The summed E-state index contributed by atoms with van der Waals surface area (Å²) in [6.45, 7) is 7.55. The molecule has 0 atom stereocenters. The molecule has 41 heavy (non-hydrogen) atoms. The van der Waals surface area contributed by atoms with Crippen molar-refractivity contribution < 1.29 is 18.6 Å². The van der Waals surface area contributed by atoms with Crippen LogP contribution in [0.3, 0.4) is 0 Å². The van der Waals surface area contributed by atoms with Crippen molar-refractivity contribution in [2.45, 2.75) is 26.5 Å². The number of aromatic nitrogens is 4. The van der Waals surface area contributed by atoms with Gasteiger partial charge in [-0.05, 0) is 49.7 Å². The van der Waals surface area contributed by atoms with Gasteiger partial charge in [-0.3, -0.25) is 4.90 Å². The van der Waals surface area contributed by atoms with Crippen LogP contribution in [0.15, 0.2) is 60.9 Å². The van der Waals surface area contributed by atoms with Gasteiger partial charge in [-0.2, -0.15) is 5.10 Å². The standard InChI is InChI=1S/C30H31FN6O3S/c1-20-3-8-26(41-20)18-39-24-15-22(31)16-25(17-24)40-23-6-4-21(5-7-23)28-27-29(32)33-19-34-30(27)37(35-28)10-2-9-36-11-13-38-14-12-36/h3-8,15-17,19H,2,9-14,18H2,1H3,(H2,32,33,34). The zero-order valence-electron chi connectivity index (χ0n) is 22.8. The van der Waals surface area contributed by atoms with E-state index >= 15 is 0 Å². The van der Waals surface area contributed by atoms with E-state index in [-0.39, 0.29) is 0 Å². The van der Waals surface area contributed by atoms with E-state index < -0.39 is 5.82 Å². The zero-order chi connectivity index (χ0) is 28.2. The normalized spacial score (nSPS) is 14.0. The van der Waals surface area contributed by atoms with Crippen LogP contribution in [-0.2, 0) is 17.9 Å². The lowest BCUT2D eigenvalue weighted by Crippen LogP contribution is -2.37. The highest BCUT2D eigenvalue weighted by Gasteiger charge is 2.18. The average molecular weight is 575 g/mol. The van der Waals surface area contributed by atoms with Crippen molar-refractivity contribution >= 4 is 28.2 Å². The van der Waals surface area contributed by atoms with Crippen LogP contribution in [0.5, 0.6) is 17.2 Å². The van der Waals surface area contributed by atoms with Crippen molar-refractivity contribution in [1.82, 2.24) is 24.6 Å². The highest BCUT2D eigenvalue weighted by Crippen LogP contribution is 2.33. The number of halogens is 1. The highest BCUT2D eigenvalue weighted by atomic mass is 32.1. The van der Waals surface area contributed by atoms with Crippen LogP contribution in [0, 0.1) is 12.7 Å². The number of nitrogens with zero attached hydrogens (tertiary/aromatic N) is 5. The van der Waals surface area contributed by atoms with E-state index in [1.54, 1.807) is 17.4 Å². The number of rotatable bonds is 10. The van der Waals surface area contributed by atoms with E-state index in [0.717, 1.165) is 55.1 Å². The fourth-order valence-electron chi connectivity index (χ4n) is 4.87. The third-order valence-corrected chi connectivity index (χ3v) is 7.87. The Morgan fingerprint density at radius 1 is 0.976 bits per heavy atom. The fourth-order valence-corrected chi connectivity index (χ4v) is 5.67. The van der Waals surface area contributed by atoms with Crippen LogP contribution >= 0.6 is 11.3 Å². The number of morpholine rings is 1. The first-order valence-corrected chi connectivity index (χ1v) is 14.4. The summed E-state index contributed by atoms with van der Waals surface area (Å²) in [6.07, 6.45) is 2.40. The van der Waals surface area contributed by atoms with E-state index in [0.29, 0.717) is 47.6 Å². The topological polar surface area (TPSA) is 101 Å². The number of hydrogen-bond donors (Lipinski definition) is 1. The van der Waals surface area contributed by atoms with E-state index in [1.165, 1.54) is 23.3 Å². The molecule has 5 aromatic rings. The van der Waals surface area contributed by atoms with Crippen LogP contribution in [0.2, 0.25) is 0 Å². The van der Waals surface area contributed by atoms with Crippen LogP contribution < -0.4 is 15.2 Å². The van der Waals surface area contributed by atoms with Crippen LogP contribution in [0.25, 0.3) is 22.3 Å². The van der Waals surface area contributed by atoms with Gasteiger partial charge < -0.3 is 19.9 Å². The molecular formula is C30H31FN6O3S. The molecule has 2 N–H and O–H groups in total. The minimum absolute atomic E-state index is 0.350. The third kappa shape index (κ3) is 6.48. The van der Waals surface area contributed by atoms with E-state index in [4.69, 9.17) is 25.0 Å². The Morgan fingerprint density at radius 2 is 1.78 bits per heavy atom. The van der Waals surface area contributed by atoms with Gasteiger partial charge in [0.25, 0.3) is 0 Å². The minimum atomic E-state index is -0.433. The largest absolute Gasteiger partial charge is 0.488 e. The molecule has 0 unspecified atom stereocenters. The minimum Gasteiger partial charge on any atom is -0.488 e. The molecule has 212 valence electrons. The van der Waals surface area contributed by atoms with Gasteiger partial charge in [-0.25, -0.2) is 19.0 Å². The second-order valence-corrected chi connectivity index (χ2v) is 11.3. The van der Waals surface area contributed by atoms with Crippen molar-refractivity contribution in [2.24, 2.45) is 0 Å². The Morgan fingerprint density at radius 3 is 2.56 bits per heavy atom. The van der Waals surface area contributed by atoms with E-state index in [1.807, 2.05) is 48.0 Å². The summed E-state index contributed by atoms with van der Waals surface area (Å²) in [5.41, 5.74) is 8.55. The van der Waals surface area contributed by atoms with Crippen molar-refractivity contribution in [3.8, 4) is 28.5 Å². The van der Waals surface area contributed by atoms with Crippen LogP contribution in [-0.4, -0.2) is 57.5 Å². The molecule has 4 heterocycles. The van der Waals surface area contributed by atoms with Crippen molar-refractivity contribution in [3.05, 3.63) is 76.5 Å². The first-order chi connectivity index (χ1) is 20.0. The summed E-state index contributed by atoms with van der Waals surface area (Å²) in [6, 6.07) is 15.9. The van der Waals surface area contributed by atoms with Gasteiger partial charge in [-0.15, -0.1) is 11.3 Å². The van der Waals surface area contributed by atoms with Gasteiger partial charge in [0, 0.05) is 59.7 Å². The van der Waals surface area contributed by atoms with Crippen LogP contribution in [0.4, 0.5) is 10.2 Å². The molecule has 0 bridgehead atoms. The Bertz CT molecular complexity index is 1630. The number of hydrogen-bond acceptors (Lipinski definition) is 9. The number of fused-ring (bicyclic) bond motifs is 1. The molecule has 0 spiro atoms. The van der Waals surface area contributed by atoms with Crippen molar-refractivity contribution in [1.29, 1.82) is 0 Å². The Balaban J connectivity index is 1.17. The lowest BCUT2D eigenvalue weighted by Gasteiger charge is -2.26. The second kappa shape index (κ2) is 12.2. The van der Waals surface area contributed by atoms with Crippen molar-refractivity contribution in [3.63, 3.8) is 0 Å². The first kappa shape index (κ1) is 27.1. The SMILES string of the molecule is Cc1ccc(COc2cc(F)cc(Oc3ccc(-c4nn(CCCN5CCOCC5)c5ncnc(N)c45)cc3)c2)s1. The molecule has 1 aliphatic rings. The fraction of sp³-hybridized carbons (Fsp3) is 0.300. The molecule has 1 fully saturated rings. The van der Waals surface area contributed by atoms with Gasteiger partial charge in [0.15, 0.2) is 5.65 Å². The zero-order valence-corrected chi connectivity index (χ0v) is 23.6. The summed E-state index contributed by atoms with van der Waals surface area (Å²) >= 11 is 1.65. The van der Waals surface area contributed by atoms with Gasteiger partial charge in [0.05, 0.1) is 18.6 Å². The van der Waals surface area contributed by atoms with Crippen LogP contribution in [0.1, 0.15) is 16.2 Å². The third-order valence-electron chi connectivity index (χ3n) is 6.89. The second-order valence-electron chi connectivity index (χ2n) is 9.89. The molecule has 6 rings (SSSR count). The molecule has 2 aromatic carbocycles. The Labute approximate surface area is 241 Å². The molecule has 0 aliphatic carbocycles. The number of benzene rings is 2. The molecular weight excluding hydrogens is 543 g/mol. The lowest BCUT2D eigenvalue weighted by molar-refractivity contribution is 0.0368. The molecule has 11 heteroatoms. The quantitative estimate of drug-likeness (QED) is 0.228. The predicted octanol–water partition coefficient (Wildman–Crippen LogP) is 5.68. The van der Waals surface area contributed by atoms with Gasteiger partial charge >= 0.3 is 0 Å². The molecule has 0 radical (unpaired) electrons. The first-order valence-electron chi connectivity index (χ1n) is 13.6. The molecule has 9 nitrogen and oxygen atoms in total. The maximum Gasteiger partial charge on any atom is 0.163 e. The number of nitrogen functional groups attached to an aromatic ring is 1. The summed E-state index contributed by atoms with van der Waals surface area (Å²) in [5.74, 6) is 1.26. The average Bonchev–Trinajstić information content (AvgIpc) is 3.57. The number of thiophene rings is 1. The van der Waals surface area contributed by atoms with E-state index in [9.17, 15) is 4.39 Å². The molecule has 0 saturated carbocycles. The number of aryl methyl sites for hydroxylation is 2. The molecule has 3 aromatic heterocycles. The van der Waals surface area contributed by atoms with Gasteiger partial charge in [0.2, 0.25) is 0 Å². The number of nitrogens with two attached hydrogens (primary N) is 1. The summed E-state index contributed by atoms with van der Waals surface area (Å²) in [4.78, 5) is 13.4. The van der Waals surface area contributed by atoms with E-state index in [2.05, 4.69) is 14.9 Å². The maximum atomic E-state index is 14.3. The lowest BCUT2D eigenvalue weighted by atomic mass is 10.1. The molecule has 0 amide bonds.